The number of aromatic nitrogens is 3. The number of nitrogens with zero attached hydrogens (tertiary/aromatic N) is 4. The van der Waals surface area contributed by atoms with Crippen molar-refractivity contribution in [2.24, 2.45) is 0 Å². The number of hydrogen-bond donors (Lipinski definition) is 0. The zero-order valence-corrected chi connectivity index (χ0v) is 16.0. The fraction of sp³-hybridized carbons (Fsp3) is 0.263. The van der Waals surface area contributed by atoms with Crippen LogP contribution < -0.4 is 0 Å². The van der Waals surface area contributed by atoms with Crippen molar-refractivity contribution < 1.29 is 0 Å². The third-order valence-electron chi connectivity index (χ3n) is 4.03. The summed E-state index contributed by atoms with van der Waals surface area (Å²) in [6.45, 7) is 4.19. The summed E-state index contributed by atoms with van der Waals surface area (Å²) in [6, 6.07) is 18.2. The van der Waals surface area contributed by atoms with E-state index in [-0.39, 0.29) is 0 Å². The largest absolute Gasteiger partial charge is 0.300 e. The van der Waals surface area contributed by atoms with Gasteiger partial charge in [0.15, 0.2) is 4.77 Å². The van der Waals surface area contributed by atoms with Crippen LogP contribution in [0.1, 0.15) is 17.0 Å². The van der Waals surface area contributed by atoms with Crippen LogP contribution in [0.4, 0.5) is 0 Å². The number of halogens is 1. The summed E-state index contributed by atoms with van der Waals surface area (Å²) in [5, 5.41) is 5.37. The number of benzene rings is 2. The lowest BCUT2D eigenvalue weighted by Crippen LogP contribution is -2.22. The molecule has 0 bridgehead atoms. The van der Waals surface area contributed by atoms with E-state index in [4.69, 9.17) is 23.8 Å². The van der Waals surface area contributed by atoms with E-state index in [2.05, 4.69) is 33.7 Å². The minimum atomic E-state index is 0.643. The van der Waals surface area contributed by atoms with Crippen molar-refractivity contribution >= 4 is 23.8 Å². The predicted octanol–water partition coefficient (Wildman–Crippen LogP) is 4.51. The molecule has 0 unspecified atom stereocenters. The highest BCUT2D eigenvalue weighted by molar-refractivity contribution is 7.71. The van der Waals surface area contributed by atoms with E-state index in [9.17, 15) is 0 Å². The molecule has 4 nitrogen and oxygen atoms in total. The molecule has 0 fully saturated rings. The van der Waals surface area contributed by atoms with Gasteiger partial charge >= 0.3 is 0 Å². The summed E-state index contributed by atoms with van der Waals surface area (Å²) in [7, 11) is 2.06. The van der Waals surface area contributed by atoms with E-state index in [1.165, 1.54) is 11.1 Å². The topological polar surface area (TPSA) is 26.0 Å². The van der Waals surface area contributed by atoms with E-state index in [0.717, 1.165) is 28.7 Å². The fourth-order valence-corrected chi connectivity index (χ4v) is 3.19. The minimum Gasteiger partial charge on any atom is -0.300 e. The van der Waals surface area contributed by atoms with Gasteiger partial charge in [-0.15, -0.1) is 0 Å². The van der Waals surface area contributed by atoms with Crippen LogP contribution in [0.25, 0.3) is 0 Å². The monoisotopic (exact) mass is 372 g/mol. The van der Waals surface area contributed by atoms with E-state index in [1.807, 2.05) is 54.1 Å². The van der Waals surface area contributed by atoms with Gasteiger partial charge in [-0.3, -0.25) is 9.47 Å². The van der Waals surface area contributed by atoms with Gasteiger partial charge in [-0.25, -0.2) is 4.68 Å². The van der Waals surface area contributed by atoms with Crippen LogP contribution in [0.15, 0.2) is 54.6 Å². The third-order valence-corrected chi connectivity index (χ3v) is 4.72. The van der Waals surface area contributed by atoms with Crippen LogP contribution in [-0.2, 0) is 19.8 Å². The second kappa shape index (κ2) is 7.95. The van der Waals surface area contributed by atoms with Gasteiger partial charge in [0.05, 0.1) is 13.2 Å². The molecule has 0 aliphatic rings. The quantitative estimate of drug-likeness (QED) is 0.595. The lowest BCUT2D eigenvalue weighted by atomic mass is 10.2. The maximum atomic E-state index is 5.94. The predicted molar refractivity (Wildman–Crippen MR) is 104 cm³/mol. The van der Waals surface area contributed by atoms with Gasteiger partial charge in [0.1, 0.15) is 5.82 Å². The van der Waals surface area contributed by atoms with Crippen molar-refractivity contribution in [2.75, 3.05) is 7.05 Å². The summed E-state index contributed by atoms with van der Waals surface area (Å²) < 4.78 is 4.69. The Morgan fingerprint density at radius 1 is 1.04 bits per heavy atom. The molecule has 130 valence electrons. The highest BCUT2D eigenvalue weighted by Crippen LogP contribution is 2.12. The zero-order chi connectivity index (χ0) is 17.8. The first-order valence-electron chi connectivity index (χ1n) is 8.14. The fourth-order valence-electron chi connectivity index (χ4n) is 2.77. The van der Waals surface area contributed by atoms with Crippen LogP contribution >= 0.6 is 23.8 Å². The number of hydrogen-bond acceptors (Lipinski definition) is 3. The molecule has 0 aliphatic heterocycles. The molecule has 25 heavy (non-hydrogen) atoms. The molecule has 3 aromatic rings. The molecule has 6 heteroatoms. The maximum absolute atomic E-state index is 5.94. The lowest BCUT2D eigenvalue weighted by molar-refractivity contribution is 0.243. The summed E-state index contributed by atoms with van der Waals surface area (Å²) in [5.74, 6) is 0.925. The average molecular weight is 373 g/mol. The smallest absolute Gasteiger partial charge is 0.199 e. The van der Waals surface area contributed by atoms with Crippen molar-refractivity contribution in [3.05, 3.63) is 81.3 Å². The molecular weight excluding hydrogens is 352 g/mol. The summed E-state index contributed by atoms with van der Waals surface area (Å²) in [4.78, 5) is 2.18. The summed E-state index contributed by atoms with van der Waals surface area (Å²) in [6.07, 6.45) is 0. The second-order valence-electron chi connectivity index (χ2n) is 6.18. The Morgan fingerprint density at radius 3 is 2.40 bits per heavy atom. The molecule has 0 saturated carbocycles. The lowest BCUT2D eigenvalue weighted by Gasteiger charge is -2.16. The molecule has 1 heterocycles. The molecule has 0 aliphatic carbocycles. The van der Waals surface area contributed by atoms with Crippen LogP contribution in [0.5, 0.6) is 0 Å². The molecular formula is C19H21ClN4S. The molecule has 0 N–H and O–H groups in total. The molecule has 0 amide bonds. The Labute approximate surface area is 158 Å². The minimum absolute atomic E-state index is 0.643. The van der Waals surface area contributed by atoms with Gasteiger partial charge in [-0.05, 0) is 49.4 Å². The van der Waals surface area contributed by atoms with Gasteiger partial charge in [-0.2, -0.15) is 5.10 Å². The molecule has 1 aromatic heterocycles. The van der Waals surface area contributed by atoms with Crippen LogP contribution in [0, 0.1) is 11.7 Å². The molecule has 2 aromatic carbocycles. The molecule has 0 spiro atoms. The van der Waals surface area contributed by atoms with E-state index in [0.29, 0.717) is 6.67 Å². The van der Waals surface area contributed by atoms with Crippen LogP contribution in [0.2, 0.25) is 5.02 Å². The van der Waals surface area contributed by atoms with E-state index in [1.54, 1.807) is 0 Å². The molecule has 0 saturated heterocycles. The Hall–Kier alpha value is -1.95. The second-order valence-corrected chi connectivity index (χ2v) is 6.98. The molecule has 0 atom stereocenters. The molecule has 3 rings (SSSR count). The number of rotatable bonds is 6. The van der Waals surface area contributed by atoms with Crippen molar-refractivity contribution in [3.8, 4) is 0 Å². The van der Waals surface area contributed by atoms with Crippen molar-refractivity contribution in [2.45, 2.75) is 26.7 Å². The Bertz CT molecular complexity index is 884. The summed E-state index contributed by atoms with van der Waals surface area (Å²) >= 11 is 11.6. The normalized spacial score (nSPS) is 11.2. The highest BCUT2D eigenvalue weighted by atomic mass is 35.5. The van der Waals surface area contributed by atoms with Crippen molar-refractivity contribution in [3.63, 3.8) is 0 Å². The van der Waals surface area contributed by atoms with E-state index >= 15 is 0 Å². The summed E-state index contributed by atoms with van der Waals surface area (Å²) in [5.41, 5.74) is 2.43. The van der Waals surface area contributed by atoms with E-state index < -0.39 is 0 Å². The first-order chi connectivity index (χ1) is 12.0. The standard InChI is InChI=1S/C19H21ClN4S/c1-15-21-24(14-22(2)12-17-8-10-18(20)11-9-17)19(25)23(15)13-16-6-4-3-5-7-16/h3-11H,12-14H2,1-2H3. The maximum Gasteiger partial charge on any atom is 0.199 e. The Kier molecular flexibility index (Phi) is 5.68. The average Bonchev–Trinajstić information content (AvgIpc) is 2.85. The molecule has 0 radical (unpaired) electrons. The third kappa shape index (κ3) is 4.57. The highest BCUT2D eigenvalue weighted by Gasteiger charge is 2.10. The van der Waals surface area contributed by atoms with Gasteiger partial charge in [0.2, 0.25) is 0 Å². The van der Waals surface area contributed by atoms with Crippen LogP contribution in [-0.4, -0.2) is 26.3 Å². The van der Waals surface area contributed by atoms with Gasteiger partial charge in [-0.1, -0.05) is 54.1 Å². The zero-order valence-electron chi connectivity index (χ0n) is 14.4. The van der Waals surface area contributed by atoms with Gasteiger partial charge in [0, 0.05) is 11.6 Å². The Morgan fingerprint density at radius 2 is 1.72 bits per heavy atom. The number of aryl methyl sites for hydroxylation is 1. The van der Waals surface area contributed by atoms with Crippen molar-refractivity contribution in [1.29, 1.82) is 0 Å². The SMILES string of the molecule is Cc1nn(CN(C)Cc2ccc(Cl)cc2)c(=S)n1Cc1ccccc1. The van der Waals surface area contributed by atoms with Gasteiger partial charge < -0.3 is 0 Å². The Balaban J connectivity index is 1.71. The van der Waals surface area contributed by atoms with Gasteiger partial charge in [0.25, 0.3) is 0 Å². The van der Waals surface area contributed by atoms with Crippen molar-refractivity contribution in [1.82, 2.24) is 19.2 Å². The first kappa shape index (κ1) is 17.9. The first-order valence-corrected chi connectivity index (χ1v) is 8.93. The van der Waals surface area contributed by atoms with Crippen LogP contribution in [0.3, 0.4) is 0 Å².